The summed E-state index contributed by atoms with van der Waals surface area (Å²) in [5.74, 6) is 3.55. The first kappa shape index (κ1) is 20.0. The van der Waals surface area contributed by atoms with Crippen LogP contribution in [-0.4, -0.2) is 16.9 Å². The molecule has 0 saturated heterocycles. The molecule has 3 nitrogen and oxygen atoms in total. The minimum absolute atomic E-state index is 0.326. The maximum atomic E-state index is 13.3. The molecule has 5 aliphatic rings. The molecular formula is C25H36O3. The maximum absolute atomic E-state index is 13.3. The van der Waals surface area contributed by atoms with Crippen molar-refractivity contribution in [1.29, 1.82) is 0 Å². The van der Waals surface area contributed by atoms with Crippen molar-refractivity contribution >= 4 is 11.8 Å². The highest BCUT2D eigenvalue weighted by molar-refractivity contribution is 5.83. The highest BCUT2D eigenvalue weighted by Gasteiger charge is 2.68. The number of ketones is 1. The van der Waals surface area contributed by atoms with E-state index in [0.717, 1.165) is 18.8 Å². The lowest BCUT2D eigenvalue weighted by molar-refractivity contribution is -0.174. The molecule has 5 fully saturated rings. The summed E-state index contributed by atoms with van der Waals surface area (Å²) in [5, 5.41) is 9.04. The summed E-state index contributed by atoms with van der Waals surface area (Å²) in [7, 11) is 0. The molecule has 0 radical (unpaired) electrons. The molecule has 5 saturated carbocycles. The van der Waals surface area contributed by atoms with E-state index in [1.54, 1.807) is 0 Å². The van der Waals surface area contributed by atoms with Gasteiger partial charge in [0.15, 0.2) is 0 Å². The molecule has 0 amide bonds. The van der Waals surface area contributed by atoms with Crippen molar-refractivity contribution in [1.82, 2.24) is 0 Å². The molecule has 8 atom stereocenters. The van der Waals surface area contributed by atoms with Crippen LogP contribution in [0.2, 0.25) is 0 Å². The molecule has 5 rings (SSSR count). The van der Waals surface area contributed by atoms with E-state index >= 15 is 0 Å². The molecule has 0 heterocycles. The highest BCUT2D eigenvalue weighted by Crippen LogP contribution is 2.74. The van der Waals surface area contributed by atoms with Crippen LogP contribution in [0.1, 0.15) is 84.0 Å². The molecule has 3 heteroatoms. The van der Waals surface area contributed by atoms with Crippen molar-refractivity contribution < 1.29 is 14.7 Å². The number of carbonyl (C=O) groups is 2. The van der Waals surface area contributed by atoms with Gasteiger partial charge in [-0.3, -0.25) is 9.59 Å². The number of rotatable bonds is 3. The fourth-order valence-corrected chi connectivity index (χ4v) is 9.01. The second kappa shape index (κ2) is 7.19. The lowest BCUT2D eigenvalue weighted by atomic mass is 9.40. The average molecular weight is 385 g/mol. The summed E-state index contributed by atoms with van der Waals surface area (Å²) >= 11 is 0. The van der Waals surface area contributed by atoms with Gasteiger partial charge in [0.1, 0.15) is 5.78 Å². The van der Waals surface area contributed by atoms with Crippen LogP contribution >= 0.6 is 0 Å². The van der Waals surface area contributed by atoms with Gasteiger partial charge in [0.25, 0.3) is 0 Å². The zero-order valence-electron chi connectivity index (χ0n) is 17.4. The lowest BCUT2D eigenvalue weighted by Gasteiger charge is -2.64. The number of Topliss-reactive ketones (excluding diaryl/α,β-unsaturated/α-hetero) is 1. The van der Waals surface area contributed by atoms with Crippen molar-refractivity contribution in [3.8, 4) is 12.8 Å². The molecule has 0 aromatic carbocycles. The number of fused-ring (bicyclic) bond motifs is 4. The molecule has 28 heavy (non-hydrogen) atoms. The topological polar surface area (TPSA) is 54.4 Å². The number of hydrogen-bond acceptors (Lipinski definition) is 2. The van der Waals surface area contributed by atoms with Gasteiger partial charge < -0.3 is 5.11 Å². The number of terminal acetylenes is 1. The number of hydrogen-bond donors (Lipinski definition) is 1. The second-order valence-corrected chi connectivity index (χ2v) is 10.7. The predicted molar refractivity (Wildman–Crippen MR) is 109 cm³/mol. The van der Waals surface area contributed by atoms with Crippen molar-refractivity contribution in [3.63, 3.8) is 0 Å². The molecule has 8 unspecified atom stereocenters. The molecule has 0 aromatic heterocycles. The van der Waals surface area contributed by atoms with E-state index in [-0.39, 0.29) is 0 Å². The van der Waals surface area contributed by atoms with E-state index in [0.29, 0.717) is 52.6 Å². The molecule has 5 aliphatic carbocycles. The Morgan fingerprint density at radius 3 is 2.57 bits per heavy atom. The van der Waals surface area contributed by atoms with Crippen LogP contribution in [0, 0.1) is 59.2 Å². The lowest BCUT2D eigenvalue weighted by Crippen LogP contribution is -2.60. The molecular weight excluding hydrogens is 348 g/mol. The van der Waals surface area contributed by atoms with Crippen molar-refractivity contribution in [3.05, 3.63) is 0 Å². The van der Waals surface area contributed by atoms with E-state index in [2.05, 4.69) is 19.8 Å². The third-order valence-electron chi connectivity index (χ3n) is 10.1. The van der Waals surface area contributed by atoms with Crippen LogP contribution in [0.5, 0.6) is 0 Å². The van der Waals surface area contributed by atoms with Gasteiger partial charge in [0.2, 0.25) is 0 Å². The summed E-state index contributed by atoms with van der Waals surface area (Å²) in [6.45, 7) is 2.53. The highest BCUT2D eigenvalue weighted by atomic mass is 16.4. The largest absolute Gasteiger partial charge is 0.481 e. The fourth-order valence-electron chi connectivity index (χ4n) is 9.01. The predicted octanol–water partition coefficient (Wildman–Crippen LogP) is 5.33. The van der Waals surface area contributed by atoms with Crippen LogP contribution < -0.4 is 0 Å². The Morgan fingerprint density at radius 2 is 1.82 bits per heavy atom. The first-order chi connectivity index (χ1) is 13.5. The van der Waals surface area contributed by atoms with Gasteiger partial charge in [-0.2, -0.15) is 0 Å². The van der Waals surface area contributed by atoms with Gasteiger partial charge in [-0.25, -0.2) is 0 Å². The van der Waals surface area contributed by atoms with Crippen molar-refractivity contribution in [2.45, 2.75) is 84.0 Å². The van der Waals surface area contributed by atoms with E-state index in [9.17, 15) is 9.59 Å². The van der Waals surface area contributed by atoms with Gasteiger partial charge in [-0.05, 0) is 91.8 Å². The normalized spacial score (nSPS) is 48.6. The third kappa shape index (κ3) is 2.70. The monoisotopic (exact) mass is 384 g/mol. The average Bonchev–Trinajstić information content (AvgIpc) is 2.97. The molecule has 1 N–H and O–H groups in total. The van der Waals surface area contributed by atoms with Gasteiger partial charge in [0.05, 0.1) is 0 Å². The van der Waals surface area contributed by atoms with Gasteiger partial charge in [-0.1, -0.05) is 19.8 Å². The molecule has 0 aliphatic heterocycles. The zero-order valence-corrected chi connectivity index (χ0v) is 17.4. The Balaban J connectivity index is 0.000000932. The Morgan fingerprint density at radius 1 is 1.07 bits per heavy atom. The Labute approximate surface area is 170 Å². The summed E-state index contributed by atoms with van der Waals surface area (Å²) < 4.78 is 0. The van der Waals surface area contributed by atoms with E-state index in [1.165, 1.54) is 57.8 Å². The zero-order chi connectivity index (χ0) is 20.1. The maximum Gasteiger partial charge on any atom is 0.303 e. The molecule has 154 valence electrons. The Kier molecular flexibility index (Phi) is 5.13. The Bertz CT molecular complexity index is 666. The quantitative estimate of drug-likeness (QED) is 0.669. The molecule has 1 spiro atoms. The smallest absolute Gasteiger partial charge is 0.303 e. The standard InChI is InChI=1S/C23H34O3.C2H2/c1-22-10-3-2-4-15(22)12-19(24)21-17(22)9-11-23-13-14(5-8-20(25)26)16(23)6-7-18(21)23;1-2/h14-18,21H,2-13H2,1H3,(H,25,26);1-2H. The van der Waals surface area contributed by atoms with Crippen LogP contribution in [0.25, 0.3) is 0 Å². The van der Waals surface area contributed by atoms with Crippen LogP contribution in [0.4, 0.5) is 0 Å². The van der Waals surface area contributed by atoms with Gasteiger partial charge in [0, 0.05) is 18.8 Å². The SMILES string of the molecule is C#C.CC12CCCCC1CC(=O)C1C2CCC23CC(CCC(=O)O)C2CCC13. The van der Waals surface area contributed by atoms with E-state index in [4.69, 9.17) is 5.11 Å². The Hall–Kier alpha value is -1.30. The number of carboxylic acids is 1. The summed E-state index contributed by atoms with van der Waals surface area (Å²) in [5.41, 5.74) is 0.834. The van der Waals surface area contributed by atoms with Gasteiger partial charge in [-0.15, -0.1) is 12.8 Å². The summed E-state index contributed by atoms with van der Waals surface area (Å²) in [4.78, 5) is 24.2. The number of carbonyl (C=O) groups excluding carboxylic acids is 1. The minimum Gasteiger partial charge on any atom is -0.481 e. The summed E-state index contributed by atoms with van der Waals surface area (Å²) in [6.07, 6.45) is 21.6. The summed E-state index contributed by atoms with van der Waals surface area (Å²) in [6, 6.07) is 0. The third-order valence-corrected chi connectivity index (χ3v) is 10.1. The minimum atomic E-state index is -0.650. The molecule has 0 bridgehead atoms. The van der Waals surface area contributed by atoms with E-state index in [1.807, 2.05) is 0 Å². The first-order valence-electron chi connectivity index (χ1n) is 11.5. The van der Waals surface area contributed by atoms with Crippen molar-refractivity contribution in [2.24, 2.45) is 46.3 Å². The fraction of sp³-hybridized carbons (Fsp3) is 0.840. The van der Waals surface area contributed by atoms with Crippen LogP contribution in [-0.2, 0) is 9.59 Å². The second-order valence-electron chi connectivity index (χ2n) is 10.7. The number of aliphatic carboxylic acids is 1. The van der Waals surface area contributed by atoms with E-state index < -0.39 is 5.97 Å². The molecule has 0 aromatic rings. The van der Waals surface area contributed by atoms with Gasteiger partial charge >= 0.3 is 5.97 Å². The van der Waals surface area contributed by atoms with Crippen LogP contribution in [0.15, 0.2) is 0 Å². The number of carboxylic acid groups (broad SMARTS) is 1. The first-order valence-corrected chi connectivity index (χ1v) is 11.5. The van der Waals surface area contributed by atoms with Crippen molar-refractivity contribution in [2.75, 3.05) is 0 Å². The van der Waals surface area contributed by atoms with Crippen LogP contribution in [0.3, 0.4) is 0 Å².